The van der Waals surface area contributed by atoms with E-state index in [1.165, 1.54) is 0 Å². The Kier molecular flexibility index (Phi) is 4.38. The molecule has 1 nitrogen and oxygen atoms in total. The van der Waals surface area contributed by atoms with Gasteiger partial charge in [0.1, 0.15) is 0 Å². The summed E-state index contributed by atoms with van der Waals surface area (Å²) in [5.41, 5.74) is 1.98. The van der Waals surface area contributed by atoms with Gasteiger partial charge in [0.25, 0.3) is 0 Å². The van der Waals surface area contributed by atoms with Crippen LogP contribution in [0, 0.1) is 3.57 Å². The smallest absolute Gasteiger partial charge is 0.162 e. The number of halogens is 2. The van der Waals surface area contributed by atoms with Crippen molar-refractivity contribution in [1.82, 2.24) is 0 Å². The van der Waals surface area contributed by atoms with Gasteiger partial charge in [-0.2, -0.15) is 0 Å². The Balaban J connectivity index is 3.08. The van der Waals surface area contributed by atoms with E-state index in [1.54, 1.807) is 0 Å². The second kappa shape index (κ2) is 5.10. The maximum atomic E-state index is 11.4. The molecule has 3 heteroatoms. The van der Waals surface area contributed by atoms with E-state index >= 15 is 0 Å². The number of ketones is 1. The van der Waals surface area contributed by atoms with Gasteiger partial charge < -0.3 is 0 Å². The lowest BCUT2D eigenvalue weighted by Crippen LogP contribution is -1.98. The molecule has 1 aromatic rings. The highest BCUT2D eigenvalue weighted by atomic mass is 127. The monoisotopic (exact) mass is 352 g/mol. The largest absolute Gasteiger partial charge is 0.294 e. The van der Waals surface area contributed by atoms with Gasteiger partial charge in [-0.1, -0.05) is 22.9 Å². The maximum Gasteiger partial charge on any atom is 0.162 e. The first-order valence-corrected chi connectivity index (χ1v) is 6.26. The van der Waals surface area contributed by atoms with Gasteiger partial charge in [0.05, 0.1) is 0 Å². The van der Waals surface area contributed by atoms with Gasteiger partial charge in [-0.25, -0.2) is 0 Å². The van der Waals surface area contributed by atoms with E-state index < -0.39 is 0 Å². The minimum absolute atomic E-state index is 0.209. The number of hydrogen-bond acceptors (Lipinski definition) is 1. The third-order valence-corrected chi connectivity index (χ3v) is 3.03. The fraction of sp³-hybridized carbons (Fsp3) is 0.300. The molecule has 0 N–H and O–H groups in total. The second-order valence-electron chi connectivity index (χ2n) is 2.76. The van der Waals surface area contributed by atoms with Crippen LogP contribution in [0.1, 0.15) is 29.3 Å². The molecule has 0 amide bonds. The number of Topliss-reactive ketones (excluding diaryl/α,β-unsaturated/α-hetero) is 1. The fourth-order valence-corrected chi connectivity index (χ4v) is 2.15. The lowest BCUT2D eigenvalue weighted by atomic mass is 10.1. The SMILES string of the molecule is CCC(=O)c1cc(I)cc(CBr)c1. The second-order valence-corrected chi connectivity index (χ2v) is 4.56. The Bertz CT molecular complexity index is 323. The van der Waals surface area contributed by atoms with Gasteiger partial charge in [0.15, 0.2) is 5.78 Å². The summed E-state index contributed by atoms with van der Waals surface area (Å²) in [4.78, 5) is 11.4. The van der Waals surface area contributed by atoms with Crippen LogP contribution >= 0.6 is 38.5 Å². The van der Waals surface area contributed by atoms with Crippen LogP contribution in [-0.4, -0.2) is 5.78 Å². The van der Waals surface area contributed by atoms with Gasteiger partial charge in [-0.3, -0.25) is 4.79 Å². The third-order valence-electron chi connectivity index (χ3n) is 1.75. The molecule has 1 aromatic carbocycles. The number of benzene rings is 1. The molecule has 0 aliphatic carbocycles. The molecule has 0 radical (unpaired) electrons. The van der Waals surface area contributed by atoms with Crippen LogP contribution in [-0.2, 0) is 5.33 Å². The van der Waals surface area contributed by atoms with Gasteiger partial charge in [-0.15, -0.1) is 0 Å². The van der Waals surface area contributed by atoms with Gasteiger partial charge in [0.2, 0.25) is 0 Å². The van der Waals surface area contributed by atoms with E-state index in [1.807, 2.05) is 19.1 Å². The number of rotatable bonds is 3. The zero-order valence-corrected chi connectivity index (χ0v) is 11.1. The van der Waals surface area contributed by atoms with Crippen LogP contribution in [0.25, 0.3) is 0 Å². The molecule has 0 heterocycles. The van der Waals surface area contributed by atoms with Gasteiger partial charge >= 0.3 is 0 Å². The fourth-order valence-electron chi connectivity index (χ4n) is 1.09. The molecule has 13 heavy (non-hydrogen) atoms. The molecule has 70 valence electrons. The molecular formula is C10H10BrIO. The summed E-state index contributed by atoms with van der Waals surface area (Å²) in [5, 5.41) is 0.799. The average molecular weight is 353 g/mol. The average Bonchev–Trinajstić information content (AvgIpc) is 2.15. The molecule has 0 aliphatic rings. The van der Waals surface area contributed by atoms with E-state index in [-0.39, 0.29) is 5.78 Å². The Morgan fingerprint density at radius 3 is 2.69 bits per heavy atom. The summed E-state index contributed by atoms with van der Waals surface area (Å²) >= 11 is 5.61. The first-order chi connectivity index (χ1) is 6.17. The van der Waals surface area contributed by atoms with Crippen LogP contribution in [0.4, 0.5) is 0 Å². The van der Waals surface area contributed by atoms with Crippen molar-refractivity contribution in [3.05, 3.63) is 32.9 Å². The van der Waals surface area contributed by atoms with E-state index in [0.29, 0.717) is 6.42 Å². The quantitative estimate of drug-likeness (QED) is 0.459. The third kappa shape index (κ3) is 3.06. The summed E-state index contributed by atoms with van der Waals surface area (Å²) in [6, 6.07) is 5.95. The Hall–Kier alpha value is 0.1000. The van der Waals surface area contributed by atoms with E-state index in [4.69, 9.17) is 0 Å². The van der Waals surface area contributed by atoms with Crippen LogP contribution in [0.2, 0.25) is 0 Å². The van der Waals surface area contributed by atoms with E-state index in [0.717, 1.165) is 20.0 Å². The Morgan fingerprint density at radius 2 is 2.15 bits per heavy atom. The van der Waals surface area contributed by atoms with Crippen molar-refractivity contribution in [3.63, 3.8) is 0 Å². The molecule has 0 bridgehead atoms. The molecule has 0 fully saturated rings. The molecule has 1 rings (SSSR count). The van der Waals surface area contributed by atoms with E-state index in [2.05, 4.69) is 44.6 Å². The molecule has 0 saturated heterocycles. The Morgan fingerprint density at radius 1 is 1.46 bits per heavy atom. The lowest BCUT2D eigenvalue weighted by Gasteiger charge is -2.02. The van der Waals surface area contributed by atoms with Crippen LogP contribution in [0.15, 0.2) is 18.2 Å². The van der Waals surface area contributed by atoms with Crippen molar-refractivity contribution in [2.45, 2.75) is 18.7 Å². The zero-order chi connectivity index (χ0) is 9.84. The highest BCUT2D eigenvalue weighted by Gasteiger charge is 2.05. The molecule has 0 aromatic heterocycles. The van der Waals surface area contributed by atoms with Crippen LogP contribution < -0.4 is 0 Å². The van der Waals surface area contributed by atoms with Crippen LogP contribution in [0.5, 0.6) is 0 Å². The summed E-state index contributed by atoms with van der Waals surface area (Å²) in [6.07, 6.45) is 0.571. The number of hydrogen-bond donors (Lipinski definition) is 0. The molecular weight excluding hydrogens is 343 g/mol. The van der Waals surface area contributed by atoms with Crippen molar-refractivity contribution < 1.29 is 4.79 Å². The molecule has 0 unspecified atom stereocenters. The topological polar surface area (TPSA) is 17.1 Å². The van der Waals surface area contributed by atoms with Crippen molar-refractivity contribution >= 4 is 44.3 Å². The number of carbonyl (C=O) groups is 1. The van der Waals surface area contributed by atoms with Crippen molar-refractivity contribution in [2.75, 3.05) is 0 Å². The summed E-state index contributed by atoms with van der Waals surface area (Å²) in [7, 11) is 0. The van der Waals surface area contributed by atoms with Crippen molar-refractivity contribution in [1.29, 1.82) is 0 Å². The van der Waals surface area contributed by atoms with Crippen molar-refractivity contribution in [2.24, 2.45) is 0 Å². The highest BCUT2D eigenvalue weighted by Crippen LogP contribution is 2.16. The summed E-state index contributed by atoms with van der Waals surface area (Å²) in [5.74, 6) is 0.209. The Labute approximate surface area is 100 Å². The molecule has 0 saturated carbocycles. The van der Waals surface area contributed by atoms with Crippen molar-refractivity contribution in [3.8, 4) is 0 Å². The minimum Gasteiger partial charge on any atom is -0.294 e. The maximum absolute atomic E-state index is 11.4. The van der Waals surface area contributed by atoms with Gasteiger partial charge in [0, 0.05) is 20.9 Å². The standard InChI is InChI=1S/C10H10BrIO/c1-2-10(13)8-3-7(6-11)4-9(12)5-8/h3-5H,2,6H2,1H3. The molecule has 0 aliphatic heterocycles. The lowest BCUT2D eigenvalue weighted by molar-refractivity contribution is 0.0988. The normalized spacial score (nSPS) is 10.1. The minimum atomic E-state index is 0.209. The predicted octanol–water partition coefficient (Wildman–Crippen LogP) is 3.78. The first kappa shape index (κ1) is 11.2. The zero-order valence-electron chi connectivity index (χ0n) is 7.31. The molecule has 0 atom stereocenters. The van der Waals surface area contributed by atoms with Crippen LogP contribution in [0.3, 0.4) is 0 Å². The number of carbonyl (C=O) groups excluding carboxylic acids is 1. The predicted molar refractivity (Wildman–Crippen MR) is 66.4 cm³/mol. The molecule has 0 spiro atoms. The number of alkyl halides is 1. The van der Waals surface area contributed by atoms with Gasteiger partial charge in [-0.05, 0) is 46.4 Å². The highest BCUT2D eigenvalue weighted by molar-refractivity contribution is 14.1. The van der Waals surface area contributed by atoms with E-state index in [9.17, 15) is 4.79 Å². The first-order valence-electron chi connectivity index (χ1n) is 4.06. The summed E-state index contributed by atoms with van der Waals surface area (Å²) < 4.78 is 1.12. The summed E-state index contributed by atoms with van der Waals surface area (Å²) in [6.45, 7) is 1.88.